The monoisotopic (exact) mass is 393 g/mol. The van der Waals surface area contributed by atoms with Gasteiger partial charge >= 0.3 is 12.1 Å². The lowest BCUT2D eigenvalue weighted by molar-refractivity contribution is -0.146. The molecule has 0 unspecified atom stereocenters. The predicted molar refractivity (Wildman–Crippen MR) is 109 cm³/mol. The minimum absolute atomic E-state index is 0.0769. The summed E-state index contributed by atoms with van der Waals surface area (Å²) in [5.41, 5.74) is 0.457. The molecule has 2 atom stereocenters. The summed E-state index contributed by atoms with van der Waals surface area (Å²) in [6, 6.07) is 9.15. The number of carbonyl (C=O) groups is 2. The van der Waals surface area contributed by atoms with Gasteiger partial charge in [-0.1, -0.05) is 44.2 Å². The Balaban J connectivity index is 2.71. The van der Waals surface area contributed by atoms with Crippen LogP contribution >= 0.6 is 0 Å². The van der Waals surface area contributed by atoms with Gasteiger partial charge in [-0.2, -0.15) is 0 Å². The van der Waals surface area contributed by atoms with E-state index in [4.69, 9.17) is 14.2 Å². The number of hydrogen-bond donors (Lipinski definition) is 1. The van der Waals surface area contributed by atoms with Gasteiger partial charge in [0.25, 0.3) is 0 Å². The van der Waals surface area contributed by atoms with Crippen molar-refractivity contribution in [3.05, 3.63) is 35.9 Å². The van der Waals surface area contributed by atoms with Crippen molar-refractivity contribution in [3.63, 3.8) is 0 Å². The number of esters is 1. The Morgan fingerprint density at radius 2 is 1.75 bits per heavy atom. The van der Waals surface area contributed by atoms with Crippen LogP contribution in [0.4, 0.5) is 4.79 Å². The lowest BCUT2D eigenvalue weighted by Gasteiger charge is -2.27. The van der Waals surface area contributed by atoms with Gasteiger partial charge in [-0.3, -0.25) is 0 Å². The Kier molecular flexibility index (Phi) is 10.0. The molecule has 1 rings (SSSR count). The third kappa shape index (κ3) is 9.74. The second-order valence-electron chi connectivity index (χ2n) is 8.19. The van der Waals surface area contributed by atoms with Gasteiger partial charge in [0.2, 0.25) is 0 Å². The Bertz CT molecular complexity index is 595. The van der Waals surface area contributed by atoms with Gasteiger partial charge in [-0.05, 0) is 51.5 Å². The van der Waals surface area contributed by atoms with Gasteiger partial charge in [0.1, 0.15) is 11.6 Å². The molecule has 0 aliphatic heterocycles. The number of benzene rings is 1. The first-order valence-corrected chi connectivity index (χ1v) is 9.90. The van der Waals surface area contributed by atoms with Gasteiger partial charge in [-0.15, -0.1) is 0 Å². The zero-order chi connectivity index (χ0) is 21.2. The number of nitrogens with one attached hydrogen (secondary N) is 1. The first-order chi connectivity index (χ1) is 13.1. The molecule has 0 aromatic heterocycles. The Hall–Kier alpha value is -2.08. The summed E-state index contributed by atoms with van der Waals surface area (Å²) in [7, 11) is 0. The molecule has 0 aliphatic carbocycles. The third-order valence-electron chi connectivity index (χ3n) is 4.19. The molecule has 28 heavy (non-hydrogen) atoms. The van der Waals surface area contributed by atoms with Crippen LogP contribution in [0.5, 0.6) is 0 Å². The summed E-state index contributed by atoms with van der Waals surface area (Å²) in [5.74, 6) is -0.108. The molecule has 1 aromatic carbocycles. The number of rotatable bonds is 10. The number of carbonyl (C=O) groups excluding carboxylic acids is 2. The average Bonchev–Trinajstić information content (AvgIpc) is 2.59. The Labute approximate surface area is 168 Å². The zero-order valence-electron chi connectivity index (χ0n) is 18.0. The van der Waals surface area contributed by atoms with Crippen LogP contribution < -0.4 is 5.32 Å². The van der Waals surface area contributed by atoms with Crippen molar-refractivity contribution in [2.45, 2.75) is 66.2 Å². The molecule has 1 aromatic rings. The van der Waals surface area contributed by atoms with Crippen molar-refractivity contribution in [1.82, 2.24) is 5.32 Å². The minimum atomic E-state index is -0.775. The summed E-state index contributed by atoms with van der Waals surface area (Å²) < 4.78 is 16.3. The fraction of sp³-hybridized carbons (Fsp3) is 0.636. The van der Waals surface area contributed by atoms with E-state index in [1.807, 2.05) is 30.3 Å². The van der Waals surface area contributed by atoms with E-state index in [1.54, 1.807) is 27.7 Å². The molecule has 0 spiro atoms. The van der Waals surface area contributed by atoms with E-state index in [2.05, 4.69) is 19.2 Å². The fourth-order valence-electron chi connectivity index (χ4n) is 2.64. The molecule has 0 saturated carbocycles. The van der Waals surface area contributed by atoms with Crippen molar-refractivity contribution >= 4 is 12.1 Å². The van der Waals surface area contributed by atoms with Crippen LogP contribution in [0, 0.1) is 11.8 Å². The number of ether oxygens (including phenoxy) is 3. The molecule has 0 aliphatic rings. The van der Waals surface area contributed by atoms with Gasteiger partial charge in [0.15, 0.2) is 0 Å². The molecular formula is C22H35NO5. The van der Waals surface area contributed by atoms with Gasteiger partial charge < -0.3 is 19.5 Å². The smallest absolute Gasteiger partial charge is 0.408 e. The summed E-state index contributed by atoms with van der Waals surface area (Å²) in [6.07, 6.45) is -0.205. The summed E-state index contributed by atoms with van der Waals surface area (Å²) in [4.78, 5) is 24.5. The maximum Gasteiger partial charge on any atom is 0.408 e. The molecule has 6 heteroatoms. The van der Waals surface area contributed by atoms with Crippen molar-refractivity contribution in [2.75, 3.05) is 13.2 Å². The highest BCUT2D eigenvalue weighted by atomic mass is 16.6. The topological polar surface area (TPSA) is 73.9 Å². The number of alkyl carbamates (subject to hydrolysis) is 1. The van der Waals surface area contributed by atoms with Crippen molar-refractivity contribution in [2.24, 2.45) is 11.8 Å². The maximum absolute atomic E-state index is 12.4. The summed E-state index contributed by atoms with van der Waals surface area (Å²) in [6.45, 7) is 12.5. The van der Waals surface area contributed by atoms with Crippen molar-refractivity contribution in [3.8, 4) is 0 Å². The zero-order valence-corrected chi connectivity index (χ0v) is 18.0. The van der Waals surface area contributed by atoms with Crippen molar-refractivity contribution < 1.29 is 23.8 Å². The Morgan fingerprint density at radius 1 is 1.11 bits per heavy atom. The highest BCUT2D eigenvalue weighted by molar-refractivity contribution is 5.81. The molecular weight excluding hydrogens is 358 g/mol. The van der Waals surface area contributed by atoms with E-state index < -0.39 is 23.7 Å². The standard InChI is InChI=1S/C22H35NO5/c1-7-27-20(24)19(23-21(25)28-22(4,5)6)13-18(16(2)3)15-26-14-17-11-9-8-10-12-17/h8-12,16,18-19H,7,13-15H2,1-6H3,(H,23,25)/t18-,19+/m1/s1. The number of hydrogen-bond acceptors (Lipinski definition) is 5. The highest BCUT2D eigenvalue weighted by Crippen LogP contribution is 2.20. The van der Waals surface area contributed by atoms with E-state index in [0.29, 0.717) is 19.6 Å². The molecule has 0 bridgehead atoms. The van der Waals surface area contributed by atoms with Crippen LogP contribution in [0.15, 0.2) is 30.3 Å². The molecule has 1 N–H and O–H groups in total. The van der Waals surface area contributed by atoms with Crippen LogP contribution in [-0.4, -0.2) is 36.9 Å². The lowest BCUT2D eigenvalue weighted by atomic mass is 9.90. The SMILES string of the molecule is CCOC(=O)[C@H](C[C@H](COCc1ccccc1)C(C)C)NC(=O)OC(C)(C)C. The summed E-state index contributed by atoms with van der Waals surface area (Å²) >= 11 is 0. The molecule has 0 fully saturated rings. The highest BCUT2D eigenvalue weighted by Gasteiger charge is 2.29. The number of amides is 1. The van der Waals surface area contributed by atoms with Crippen LogP contribution in [-0.2, 0) is 25.6 Å². The minimum Gasteiger partial charge on any atom is -0.464 e. The largest absolute Gasteiger partial charge is 0.464 e. The second kappa shape index (κ2) is 11.7. The van der Waals surface area contributed by atoms with Crippen LogP contribution in [0.1, 0.15) is 53.5 Å². The average molecular weight is 394 g/mol. The molecule has 0 saturated heterocycles. The molecule has 158 valence electrons. The second-order valence-corrected chi connectivity index (χ2v) is 8.19. The molecule has 1 amide bonds. The molecule has 0 radical (unpaired) electrons. The fourth-order valence-corrected chi connectivity index (χ4v) is 2.64. The van der Waals surface area contributed by atoms with E-state index >= 15 is 0 Å². The third-order valence-corrected chi connectivity index (χ3v) is 4.19. The quantitative estimate of drug-likeness (QED) is 0.599. The molecule has 0 heterocycles. The van der Waals surface area contributed by atoms with Crippen LogP contribution in [0.2, 0.25) is 0 Å². The lowest BCUT2D eigenvalue weighted by Crippen LogP contribution is -2.46. The van der Waals surface area contributed by atoms with Gasteiger partial charge in [0.05, 0.1) is 19.8 Å². The van der Waals surface area contributed by atoms with Gasteiger partial charge in [-0.25, -0.2) is 9.59 Å². The predicted octanol–water partition coefficient (Wildman–Crippen LogP) is 4.32. The first-order valence-electron chi connectivity index (χ1n) is 9.90. The van der Waals surface area contributed by atoms with E-state index in [0.717, 1.165) is 5.56 Å². The van der Waals surface area contributed by atoms with Crippen LogP contribution in [0.25, 0.3) is 0 Å². The Morgan fingerprint density at radius 3 is 2.29 bits per heavy atom. The first kappa shape index (κ1) is 24.0. The van der Waals surface area contributed by atoms with Crippen molar-refractivity contribution in [1.29, 1.82) is 0 Å². The van der Waals surface area contributed by atoms with Gasteiger partial charge in [0, 0.05) is 0 Å². The van der Waals surface area contributed by atoms with E-state index in [-0.39, 0.29) is 18.4 Å². The summed E-state index contributed by atoms with van der Waals surface area (Å²) in [5, 5.41) is 2.66. The molecule has 6 nitrogen and oxygen atoms in total. The van der Waals surface area contributed by atoms with E-state index in [1.165, 1.54) is 0 Å². The van der Waals surface area contributed by atoms with E-state index in [9.17, 15) is 9.59 Å². The normalized spacial score (nSPS) is 13.7. The van der Waals surface area contributed by atoms with Crippen LogP contribution in [0.3, 0.4) is 0 Å². The maximum atomic E-state index is 12.4.